The minimum absolute atomic E-state index is 0.0220. The second-order valence-corrected chi connectivity index (χ2v) is 9.85. The highest BCUT2D eigenvalue weighted by Crippen LogP contribution is 2.29. The van der Waals surface area contributed by atoms with Gasteiger partial charge in [-0.3, -0.25) is 14.0 Å². The van der Waals surface area contributed by atoms with Gasteiger partial charge in [0, 0.05) is 38.7 Å². The average molecular weight is 509 g/mol. The molecule has 9 nitrogen and oxygen atoms in total. The van der Waals surface area contributed by atoms with E-state index in [1.807, 2.05) is 65.8 Å². The number of carboxylic acids is 1. The van der Waals surface area contributed by atoms with E-state index in [0.717, 1.165) is 59.8 Å². The summed E-state index contributed by atoms with van der Waals surface area (Å²) in [5, 5.41) is 9.18. The van der Waals surface area contributed by atoms with Crippen LogP contribution in [0, 0.1) is 6.92 Å². The Bertz CT molecular complexity index is 1710. The quantitative estimate of drug-likeness (QED) is 0.372. The minimum atomic E-state index is -0.950. The average Bonchev–Trinajstić information content (AvgIpc) is 3.62. The summed E-state index contributed by atoms with van der Waals surface area (Å²) in [7, 11) is 2.00. The van der Waals surface area contributed by atoms with Crippen LogP contribution in [0.15, 0.2) is 78.0 Å². The number of nitrogens with zero attached hydrogens (tertiary/aromatic N) is 6. The first-order chi connectivity index (χ1) is 18.4. The second kappa shape index (κ2) is 9.42. The summed E-state index contributed by atoms with van der Waals surface area (Å²) in [6, 6.07) is 16.6. The maximum atomic E-state index is 14.0. The molecule has 1 fully saturated rings. The van der Waals surface area contributed by atoms with Gasteiger partial charge in [-0.2, -0.15) is 0 Å². The van der Waals surface area contributed by atoms with Crippen LogP contribution in [0.1, 0.15) is 34.2 Å². The molecule has 6 rings (SSSR count). The zero-order valence-corrected chi connectivity index (χ0v) is 21.3. The van der Waals surface area contributed by atoms with E-state index in [-0.39, 0.29) is 17.3 Å². The molecule has 0 aliphatic carbocycles. The maximum Gasteiger partial charge on any atom is 0.335 e. The van der Waals surface area contributed by atoms with Crippen LogP contribution in [0.3, 0.4) is 0 Å². The highest BCUT2D eigenvalue weighted by Gasteiger charge is 2.29. The third-order valence-electron chi connectivity index (χ3n) is 7.43. The van der Waals surface area contributed by atoms with Crippen LogP contribution in [0.5, 0.6) is 0 Å². The van der Waals surface area contributed by atoms with Gasteiger partial charge in [0.05, 0.1) is 29.4 Å². The summed E-state index contributed by atoms with van der Waals surface area (Å²) < 4.78 is 5.64. The molecule has 1 N–H and O–H groups in total. The topological polar surface area (TPSA) is 98.2 Å². The fraction of sp³-hybridized carbons (Fsp3) is 0.241. The van der Waals surface area contributed by atoms with Crippen LogP contribution in [0.2, 0.25) is 0 Å². The zero-order valence-electron chi connectivity index (χ0n) is 21.3. The number of fused-ring (bicyclic) bond motifs is 1. The predicted octanol–water partition coefficient (Wildman–Crippen LogP) is 4.04. The van der Waals surface area contributed by atoms with Crippen LogP contribution in [0.25, 0.3) is 28.0 Å². The van der Waals surface area contributed by atoms with Gasteiger partial charge in [0.1, 0.15) is 5.82 Å². The van der Waals surface area contributed by atoms with E-state index in [4.69, 9.17) is 0 Å². The predicted molar refractivity (Wildman–Crippen MR) is 145 cm³/mol. The Kier molecular flexibility index (Phi) is 5.92. The van der Waals surface area contributed by atoms with Gasteiger partial charge >= 0.3 is 11.7 Å². The molecule has 0 bridgehead atoms. The highest BCUT2D eigenvalue weighted by atomic mass is 16.4. The fourth-order valence-electron chi connectivity index (χ4n) is 5.42. The number of imidazole rings is 2. The third-order valence-corrected chi connectivity index (χ3v) is 7.43. The van der Waals surface area contributed by atoms with Crippen LogP contribution >= 0.6 is 0 Å². The number of pyridine rings is 1. The molecule has 1 aliphatic rings. The molecule has 3 aromatic heterocycles. The van der Waals surface area contributed by atoms with Gasteiger partial charge < -0.3 is 9.67 Å². The van der Waals surface area contributed by atoms with Crippen LogP contribution in [-0.2, 0) is 13.6 Å². The van der Waals surface area contributed by atoms with Crippen molar-refractivity contribution in [2.75, 3.05) is 13.1 Å². The van der Waals surface area contributed by atoms with Crippen molar-refractivity contribution in [1.29, 1.82) is 0 Å². The molecule has 9 heteroatoms. The zero-order chi connectivity index (χ0) is 26.4. The second-order valence-electron chi connectivity index (χ2n) is 9.85. The van der Waals surface area contributed by atoms with Crippen LogP contribution in [0.4, 0.5) is 0 Å². The van der Waals surface area contributed by atoms with Crippen molar-refractivity contribution in [3.8, 4) is 16.8 Å². The summed E-state index contributed by atoms with van der Waals surface area (Å²) in [5.41, 5.74) is 5.25. The van der Waals surface area contributed by atoms with Gasteiger partial charge in [-0.05, 0) is 66.4 Å². The number of likely N-dealkylation sites (tertiary alicyclic amines) is 1. The molecule has 4 heterocycles. The summed E-state index contributed by atoms with van der Waals surface area (Å²) >= 11 is 0. The molecule has 1 atom stereocenters. The minimum Gasteiger partial charge on any atom is -0.478 e. The van der Waals surface area contributed by atoms with E-state index in [1.165, 1.54) is 0 Å². The number of benzene rings is 2. The molecule has 1 aliphatic heterocycles. The molecular weight excluding hydrogens is 480 g/mol. The van der Waals surface area contributed by atoms with Gasteiger partial charge in [-0.25, -0.2) is 19.6 Å². The molecule has 0 saturated carbocycles. The SMILES string of the molecule is Cc1cc(-c2ccc(C(=O)O)cc2)ccc1-n1c(=O)n([C@@H]2CCN(Cc3nccn3C)C2)c2ncccc21. The van der Waals surface area contributed by atoms with Crippen molar-refractivity contribution < 1.29 is 9.90 Å². The Morgan fingerprint density at radius 3 is 2.55 bits per heavy atom. The first kappa shape index (κ1) is 23.9. The number of carbonyl (C=O) groups is 1. The molecule has 192 valence electrons. The Balaban J connectivity index is 1.35. The van der Waals surface area contributed by atoms with Crippen molar-refractivity contribution in [2.45, 2.75) is 25.9 Å². The first-order valence-electron chi connectivity index (χ1n) is 12.6. The number of rotatable bonds is 6. The van der Waals surface area contributed by atoms with Gasteiger partial charge in [0.25, 0.3) is 0 Å². The first-order valence-corrected chi connectivity index (χ1v) is 12.6. The number of aromatic carboxylic acids is 1. The molecule has 0 radical (unpaired) electrons. The number of hydrogen-bond donors (Lipinski definition) is 1. The number of hydrogen-bond acceptors (Lipinski definition) is 5. The summed E-state index contributed by atoms with van der Waals surface area (Å²) in [5.74, 6) is 0.0568. The monoisotopic (exact) mass is 508 g/mol. The lowest BCUT2D eigenvalue weighted by Crippen LogP contribution is -2.29. The van der Waals surface area contributed by atoms with E-state index in [0.29, 0.717) is 5.65 Å². The Labute approximate surface area is 219 Å². The number of carboxylic acid groups (broad SMARTS) is 1. The van der Waals surface area contributed by atoms with Crippen LogP contribution < -0.4 is 5.69 Å². The Morgan fingerprint density at radius 2 is 1.84 bits per heavy atom. The number of aryl methyl sites for hydroxylation is 2. The molecule has 2 aromatic carbocycles. The Hall–Kier alpha value is -4.50. The largest absolute Gasteiger partial charge is 0.478 e. The van der Waals surface area contributed by atoms with E-state index in [9.17, 15) is 14.7 Å². The lowest BCUT2D eigenvalue weighted by Gasteiger charge is -2.16. The molecular formula is C29H28N6O3. The van der Waals surface area contributed by atoms with Crippen molar-refractivity contribution in [3.05, 3.63) is 101 Å². The highest BCUT2D eigenvalue weighted by molar-refractivity contribution is 5.88. The van der Waals surface area contributed by atoms with E-state index < -0.39 is 5.97 Å². The normalized spacial score (nSPS) is 15.9. The van der Waals surface area contributed by atoms with Crippen molar-refractivity contribution in [2.24, 2.45) is 7.05 Å². The summed E-state index contributed by atoms with van der Waals surface area (Å²) in [4.78, 5) is 36.6. The van der Waals surface area contributed by atoms with Gasteiger partial charge in [-0.1, -0.05) is 18.2 Å². The molecule has 0 spiro atoms. The number of aromatic nitrogens is 5. The smallest absolute Gasteiger partial charge is 0.335 e. The molecule has 5 aromatic rings. The third kappa shape index (κ3) is 4.10. The Morgan fingerprint density at radius 1 is 1.05 bits per heavy atom. The van der Waals surface area contributed by atoms with Gasteiger partial charge in [0.2, 0.25) is 0 Å². The van der Waals surface area contributed by atoms with Crippen molar-refractivity contribution in [1.82, 2.24) is 28.6 Å². The van der Waals surface area contributed by atoms with Crippen LogP contribution in [-0.4, -0.2) is 52.7 Å². The molecule has 0 amide bonds. The van der Waals surface area contributed by atoms with E-state index in [1.54, 1.807) is 35.0 Å². The lowest BCUT2D eigenvalue weighted by atomic mass is 10.0. The van der Waals surface area contributed by atoms with E-state index in [2.05, 4.69) is 14.9 Å². The maximum absolute atomic E-state index is 14.0. The molecule has 38 heavy (non-hydrogen) atoms. The van der Waals surface area contributed by atoms with Crippen molar-refractivity contribution >= 4 is 17.1 Å². The lowest BCUT2D eigenvalue weighted by molar-refractivity contribution is 0.0697. The summed E-state index contributed by atoms with van der Waals surface area (Å²) in [6.07, 6.45) is 6.36. The molecule has 0 unspecified atom stereocenters. The standard InChI is InChI=1S/C29H28N6O3/c1-19-16-22(20-5-7-21(8-6-20)28(36)37)9-10-24(19)35-25-4-3-12-31-27(25)34(29(35)38)23-11-14-33(17-23)18-26-30-13-15-32(26)2/h3-10,12-13,15-16,23H,11,14,17-18H2,1-2H3,(H,36,37)/t23-/m1/s1. The summed E-state index contributed by atoms with van der Waals surface area (Å²) in [6.45, 7) is 4.38. The molecule has 1 saturated heterocycles. The fourth-order valence-corrected chi connectivity index (χ4v) is 5.42. The van der Waals surface area contributed by atoms with Gasteiger partial charge in [0.15, 0.2) is 5.65 Å². The van der Waals surface area contributed by atoms with E-state index >= 15 is 0 Å². The van der Waals surface area contributed by atoms with Crippen molar-refractivity contribution in [3.63, 3.8) is 0 Å². The van der Waals surface area contributed by atoms with Gasteiger partial charge in [-0.15, -0.1) is 0 Å².